The van der Waals surface area contributed by atoms with E-state index in [2.05, 4.69) is 16.8 Å². The van der Waals surface area contributed by atoms with E-state index in [0.717, 1.165) is 5.92 Å². The van der Waals surface area contributed by atoms with Crippen LogP contribution < -0.4 is 5.73 Å². The Bertz CT molecular complexity index is 201. The lowest BCUT2D eigenvalue weighted by atomic mass is 10.1. The van der Waals surface area contributed by atoms with Crippen molar-refractivity contribution in [2.75, 3.05) is 39.8 Å². The van der Waals surface area contributed by atoms with Gasteiger partial charge >= 0.3 is 0 Å². The summed E-state index contributed by atoms with van der Waals surface area (Å²) in [5.41, 5.74) is 5.95. The van der Waals surface area contributed by atoms with Gasteiger partial charge in [-0.05, 0) is 58.2 Å². The van der Waals surface area contributed by atoms with Crippen molar-refractivity contribution < 1.29 is 0 Å². The minimum Gasteiger partial charge on any atom is -0.328 e. The van der Waals surface area contributed by atoms with Crippen LogP contribution in [0, 0.1) is 5.92 Å². The molecule has 0 aromatic carbocycles. The summed E-state index contributed by atoms with van der Waals surface area (Å²) in [6.07, 6.45) is 6.64. The lowest BCUT2D eigenvalue weighted by Crippen LogP contribution is -2.34. The Kier molecular flexibility index (Phi) is 4.62. The number of likely N-dealkylation sites (N-methyl/N-ethyl adjacent to an activating group) is 1. The van der Waals surface area contributed by atoms with Gasteiger partial charge in [-0.1, -0.05) is 0 Å². The zero-order chi connectivity index (χ0) is 11.4. The van der Waals surface area contributed by atoms with Gasteiger partial charge in [-0.15, -0.1) is 0 Å². The predicted molar refractivity (Wildman–Crippen MR) is 68.5 cm³/mol. The Morgan fingerprint density at radius 1 is 1.25 bits per heavy atom. The van der Waals surface area contributed by atoms with Crippen LogP contribution in [0.1, 0.15) is 32.1 Å². The Labute approximate surface area is 100.0 Å². The monoisotopic (exact) mass is 225 g/mol. The molecule has 2 unspecified atom stereocenters. The molecule has 1 aliphatic carbocycles. The van der Waals surface area contributed by atoms with Gasteiger partial charge in [0.15, 0.2) is 0 Å². The fraction of sp³-hybridized carbons (Fsp3) is 1.00. The van der Waals surface area contributed by atoms with Crippen LogP contribution in [0.4, 0.5) is 0 Å². The quantitative estimate of drug-likeness (QED) is 0.761. The van der Waals surface area contributed by atoms with Crippen molar-refractivity contribution in [3.8, 4) is 0 Å². The third-order valence-electron chi connectivity index (χ3n) is 4.15. The second-order valence-corrected chi connectivity index (χ2v) is 5.75. The molecule has 0 aromatic rings. The molecule has 2 N–H and O–H groups in total. The molecule has 0 spiro atoms. The lowest BCUT2D eigenvalue weighted by Gasteiger charge is -2.23. The minimum absolute atomic E-state index is 0.483. The molecule has 1 heterocycles. The fourth-order valence-corrected chi connectivity index (χ4v) is 3.13. The molecule has 1 saturated heterocycles. The van der Waals surface area contributed by atoms with Gasteiger partial charge in [-0.2, -0.15) is 0 Å². The normalized spacial score (nSPS) is 31.7. The first-order valence-electron chi connectivity index (χ1n) is 6.90. The average Bonchev–Trinajstić information content (AvgIpc) is 2.87. The summed E-state index contributed by atoms with van der Waals surface area (Å²) in [5, 5.41) is 0. The van der Waals surface area contributed by atoms with Crippen molar-refractivity contribution in [2.45, 2.75) is 38.1 Å². The van der Waals surface area contributed by atoms with Crippen LogP contribution in [0.25, 0.3) is 0 Å². The standard InChI is InChI=1S/C13H27N3/c1-15(8-9-16-6-2-3-7-16)11-12-4-5-13(14)10-12/h12-13H,2-11,14H2,1H3. The minimum atomic E-state index is 0.483. The summed E-state index contributed by atoms with van der Waals surface area (Å²) >= 11 is 0. The molecule has 1 saturated carbocycles. The summed E-state index contributed by atoms with van der Waals surface area (Å²) in [6, 6.07) is 0.483. The third-order valence-corrected chi connectivity index (χ3v) is 4.15. The maximum absolute atomic E-state index is 5.95. The SMILES string of the molecule is CN(CCN1CCCC1)CC1CCC(N)C1. The fourth-order valence-electron chi connectivity index (χ4n) is 3.13. The Morgan fingerprint density at radius 2 is 2.00 bits per heavy atom. The van der Waals surface area contributed by atoms with Crippen molar-refractivity contribution in [2.24, 2.45) is 11.7 Å². The Balaban J connectivity index is 1.58. The highest BCUT2D eigenvalue weighted by molar-refractivity contribution is 4.79. The van der Waals surface area contributed by atoms with Crippen molar-refractivity contribution in [1.29, 1.82) is 0 Å². The van der Waals surface area contributed by atoms with Crippen LogP contribution in [0.3, 0.4) is 0 Å². The van der Waals surface area contributed by atoms with E-state index in [1.54, 1.807) is 0 Å². The van der Waals surface area contributed by atoms with E-state index in [4.69, 9.17) is 5.73 Å². The van der Waals surface area contributed by atoms with Crippen molar-refractivity contribution >= 4 is 0 Å². The molecule has 2 fully saturated rings. The highest BCUT2D eigenvalue weighted by Crippen LogP contribution is 2.24. The zero-order valence-corrected chi connectivity index (χ0v) is 10.7. The van der Waals surface area contributed by atoms with E-state index in [0.29, 0.717) is 6.04 Å². The van der Waals surface area contributed by atoms with Crippen LogP contribution in [0.2, 0.25) is 0 Å². The van der Waals surface area contributed by atoms with Crippen LogP contribution in [-0.4, -0.2) is 55.6 Å². The first-order chi connectivity index (χ1) is 7.74. The summed E-state index contributed by atoms with van der Waals surface area (Å²) in [7, 11) is 2.26. The molecular formula is C13H27N3. The van der Waals surface area contributed by atoms with Gasteiger partial charge in [0.05, 0.1) is 0 Å². The number of likely N-dealkylation sites (tertiary alicyclic amines) is 1. The maximum atomic E-state index is 5.95. The van der Waals surface area contributed by atoms with Gasteiger partial charge in [0.1, 0.15) is 0 Å². The smallest absolute Gasteiger partial charge is 0.0109 e. The van der Waals surface area contributed by atoms with E-state index in [1.165, 1.54) is 64.8 Å². The third kappa shape index (κ3) is 3.72. The molecular weight excluding hydrogens is 198 g/mol. The van der Waals surface area contributed by atoms with Gasteiger partial charge in [0.25, 0.3) is 0 Å². The van der Waals surface area contributed by atoms with E-state index >= 15 is 0 Å². The first kappa shape index (κ1) is 12.3. The van der Waals surface area contributed by atoms with Crippen LogP contribution in [-0.2, 0) is 0 Å². The van der Waals surface area contributed by atoms with Crippen molar-refractivity contribution in [3.63, 3.8) is 0 Å². The second-order valence-electron chi connectivity index (χ2n) is 5.75. The molecule has 0 amide bonds. The Morgan fingerprint density at radius 3 is 2.62 bits per heavy atom. The van der Waals surface area contributed by atoms with Gasteiger partial charge in [0.2, 0.25) is 0 Å². The van der Waals surface area contributed by atoms with Crippen LogP contribution in [0.15, 0.2) is 0 Å². The van der Waals surface area contributed by atoms with Crippen molar-refractivity contribution in [3.05, 3.63) is 0 Å². The molecule has 16 heavy (non-hydrogen) atoms. The summed E-state index contributed by atoms with van der Waals surface area (Å²) in [6.45, 7) is 6.38. The lowest BCUT2D eigenvalue weighted by molar-refractivity contribution is 0.231. The number of hydrogen-bond acceptors (Lipinski definition) is 3. The van der Waals surface area contributed by atoms with Gasteiger partial charge < -0.3 is 15.5 Å². The molecule has 2 rings (SSSR count). The largest absolute Gasteiger partial charge is 0.328 e. The topological polar surface area (TPSA) is 32.5 Å². The van der Waals surface area contributed by atoms with E-state index in [-0.39, 0.29) is 0 Å². The summed E-state index contributed by atoms with van der Waals surface area (Å²) < 4.78 is 0. The average molecular weight is 225 g/mol. The number of nitrogens with two attached hydrogens (primary N) is 1. The number of rotatable bonds is 5. The first-order valence-corrected chi connectivity index (χ1v) is 6.90. The molecule has 2 aliphatic rings. The molecule has 3 heteroatoms. The summed E-state index contributed by atoms with van der Waals surface area (Å²) in [4.78, 5) is 5.10. The van der Waals surface area contributed by atoms with Crippen molar-refractivity contribution in [1.82, 2.24) is 9.80 Å². The van der Waals surface area contributed by atoms with E-state index in [1.807, 2.05) is 0 Å². The Hall–Kier alpha value is -0.120. The van der Waals surface area contributed by atoms with Crippen LogP contribution in [0.5, 0.6) is 0 Å². The highest BCUT2D eigenvalue weighted by Gasteiger charge is 2.22. The maximum Gasteiger partial charge on any atom is 0.0109 e. The molecule has 94 valence electrons. The number of hydrogen-bond donors (Lipinski definition) is 1. The van der Waals surface area contributed by atoms with Crippen LogP contribution >= 0.6 is 0 Å². The molecule has 3 nitrogen and oxygen atoms in total. The van der Waals surface area contributed by atoms with Gasteiger partial charge in [-0.25, -0.2) is 0 Å². The predicted octanol–water partition coefficient (Wildman–Crippen LogP) is 1.14. The van der Waals surface area contributed by atoms with Gasteiger partial charge in [-0.3, -0.25) is 0 Å². The highest BCUT2D eigenvalue weighted by atomic mass is 15.2. The number of nitrogens with zero attached hydrogens (tertiary/aromatic N) is 2. The molecule has 2 atom stereocenters. The van der Waals surface area contributed by atoms with E-state index < -0.39 is 0 Å². The second kappa shape index (κ2) is 5.99. The van der Waals surface area contributed by atoms with Gasteiger partial charge in [0, 0.05) is 25.7 Å². The van der Waals surface area contributed by atoms with E-state index in [9.17, 15) is 0 Å². The molecule has 1 aliphatic heterocycles. The molecule has 0 radical (unpaired) electrons. The summed E-state index contributed by atoms with van der Waals surface area (Å²) in [5.74, 6) is 0.860. The zero-order valence-electron chi connectivity index (χ0n) is 10.7. The molecule has 0 bridgehead atoms. The molecule has 0 aromatic heterocycles.